The van der Waals surface area contributed by atoms with Crippen LogP contribution in [0.2, 0.25) is 5.02 Å². The van der Waals surface area contributed by atoms with Gasteiger partial charge < -0.3 is 5.11 Å². The molecule has 1 N–H and O–H groups in total. The van der Waals surface area contributed by atoms with E-state index in [2.05, 4.69) is 5.10 Å². The molecule has 1 heterocycles. The standard InChI is InChI=1S/C11H8ClF3N2O2/c12-8-3-1-7(2-4-8)9-5-10(19,11(13,14)15)17(6-18)16-9/h1-4,6,19H,5H2/t10-/m0/s1. The van der Waals surface area contributed by atoms with Crippen LogP contribution in [0.15, 0.2) is 29.4 Å². The average molecular weight is 293 g/mol. The second kappa shape index (κ2) is 4.50. The smallest absolute Gasteiger partial charge is 0.362 e. The second-order valence-electron chi connectivity index (χ2n) is 3.99. The largest absolute Gasteiger partial charge is 0.438 e. The molecule has 1 aliphatic heterocycles. The van der Waals surface area contributed by atoms with Gasteiger partial charge in [0.15, 0.2) is 0 Å². The van der Waals surface area contributed by atoms with E-state index in [1.54, 1.807) is 0 Å². The van der Waals surface area contributed by atoms with E-state index >= 15 is 0 Å². The van der Waals surface area contributed by atoms with Crippen LogP contribution in [-0.2, 0) is 4.79 Å². The molecule has 1 aromatic carbocycles. The first-order valence-corrected chi connectivity index (χ1v) is 5.53. The summed E-state index contributed by atoms with van der Waals surface area (Å²) >= 11 is 5.67. The molecular weight excluding hydrogens is 285 g/mol. The monoisotopic (exact) mass is 292 g/mol. The number of aliphatic hydroxyl groups is 1. The Labute approximate surface area is 111 Å². The van der Waals surface area contributed by atoms with Crippen LogP contribution >= 0.6 is 11.6 Å². The fourth-order valence-corrected chi connectivity index (χ4v) is 1.83. The SMILES string of the molecule is O=CN1N=C(c2ccc(Cl)cc2)C[C@]1(O)C(F)(F)F. The maximum atomic E-state index is 12.8. The van der Waals surface area contributed by atoms with Crippen molar-refractivity contribution in [2.24, 2.45) is 5.10 Å². The van der Waals surface area contributed by atoms with Gasteiger partial charge in [-0.05, 0) is 17.7 Å². The third-order valence-corrected chi connectivity index (χ3v) is 3.00. The van der Waals surface area contributed by atoms with E-state index in [9.17, 15) is 23.1 Å². The Morgan fingerprint density at radius 2 is 1.95 bits per heavy atom. The average Bonchev–Trinajstić information content (AvgIpc) is 2.68. The summed E-state index contributed by atoms with van der Waals surface area (Å²) in [5, 5.41) is 13.5. The number of rotatable bonds is 2. The van der Waals surface area contributed by atoms with Gasteiger partial charge in [-0.3, -0.25) is 4.79 Å². The minimum atomic E-state index is -4.99. The normalized spacial score (nSPS) is 23.4. The molecule has 0 radical (unpaired) electrons. The lowest BCUT2D eigenvalue weighted by molar-refractivity contribution is -0.299. The molecule has 4 nitrogen and oxygen atoms in total. The topological polar surface area (TPSA) is 52.9 Å². The summed E-state index contributed by atoms with van der Waals surface area (Å²) in [4.78, 5) is 10.6. The predicted molar refractivity (Wildman–Crippen MR) is 61.5 cm³/mol. The maximum Gasteiger partial charge on any atom is 0.438 e. The van der Waals surface area contributed by atoms with Gasteiger partial charge in [0.25, 0.3) is 5.72 Å². The Bertz CT molecular complexity index is 530. The van der Waals surface area contributed by atoms with Crippen LogP contribution in [0.4, 0.5) is 13.2 Å². The zero-order valence-electron chi connectivity index (χ0n) is 9.36. The molecule has 0 unspecified atom stereocenters. The van der Waals surface area contributed by atoms with E-state index in [1.807, 2.05) is 0 Å². The second-order valence-corrected chi connectivity index (χ2v) is 4.43. The van der Waals surface area contributed by atoms with Crippen LogP contribution in [0, 0.1) is 0 Å². The summed E-state index contributed by atoms with van der Waals surface area (Å²) < 4.78 is 38.4. The van der Waals surface area contributed by atoms with Crippen molar-refractivity contribution in [1.82, 2.24) is 5.01 Å². The molecule has 1 aliphatic rings. The number of carbonyl (C=O) groups is 1. The Kier molecular flexibility index (Phi) is 3.27. The highest BCUT2D eigenvalue weighted by atomic mass is 35.5. The number of hydrogen-bond donors (Lipinski definition) is 1. The van der Waals surface area contributed by atoms with Crippen LogP contribution in [0.1, 0.15) is 12.0 Å². The molecule has 19 heavy (non-hydrogen) atoms. The zero-order chi connectivity index (χ0) is 14.3. The summed E-state index contributed by atoms with van der Waals surface area (Å²) in [6, 6.07) is 5.89. The van der Waals surface area contributed by atoms with Gasteiger partial charge in [0.05, 0.1) is 12.1 Å². The van der Waals surface area contributed by atoms with E-state index in [-0.39, 0.29) is 17.1 Å². The van der Waals surface area contributed by atoms with Crippen molar-refractivity contribution < 1.29 is 23.1 Å². The van der Waals surface area contributed by atoms with Crippen LogP contribution in [0.5, 0.6) is 0 Å². The van der Waals surface area contributed by atoms with Crippen LogP contribution < -0.4 is 0 Å². The van der Waals surface area contributed by atoms with Crippen molar-refractivity contribution in [2.45, 2.75) is 18.3 Å². The van der Waals surface area contributed by atoms with E-state index in [4.69, 9.17) is 11.6 Å². The number of benzene rings is 1. The van der Waals surface area contributed by atoms with Crippen LogP contribution in [0.3, 0.4) is 0 Å². The molecule has 2 rings (SSSR count). The van der Waals surface area contributed by atoms with Crippen molar-refractivity contribution in [1.29, 1.82) is 0 Å². The number of alkyl halides is 3. The van der Waals surface area contributed by atoms with Crippen molar-refractivity contribution in [2.75, 3.05) is 0 Å². The molecule has 0 saturated heterocycles. The highest BCUT2D eigenvalue weighted by Gasteiger charge is 2.61. The number of hydrogen-bond acceptors (Lipinski definition) is 3. The first kappa shape index (κ1) is 13.8. The quantitative estimate of drug-likeness (QED) is 0.849. The van der Waals surface area contributed by atoms with E-state index in [1.165, 1.54) is 24.3 Å². The lowest BCUT2D eigenvalue weighted by Gasteiger charge is -2.29. The fraction of sp³-hybridized carbons (Fsp3) is 0.273. The summed E-state index contributed by atoms with van der Waals surface area (Å²) in [6.45, 7) is 0. The predicted octanol–water partition coefficient (Wildman–Crippen LogP) is 2.16. The van der Waals surface area contributed by atoms with E-state index in [0.717, 1.165) is 0 Å². The third kappa shape index (κ3) is 2.31. The fourth-order valence-electron chi connectivity index (χ4n) is 1.71. The summed E-state index contributed by atoms with van der Waals surface area (Å²) in [5.41, 5.74) is -2.98. The van der Waals surface area contributed by atoms with Gasteiger partial charge in [-0.1, -0.05) is 23.7 Å². The molecule has 1 atom stereocenters. The molecule has 8 heteroatoms. The Morgan fingerprint density at radius 3 is 2.37 bits per heavy atom. The number of carbonyl (C=O) groups excluding carboxylic acids is 1. The summed E-state index contributed by atoms with van der Waals surface area (Å²) in [7, 11) is 0. The molecule has 0 aromatic heterocycles. The van der Waals surface area contributed by atoms with Gasteiger partial charge in [-0.15, -0.1) is 0 Å². The van der Waals surface area contributed by atoms with E-state index < -0.39 is 18.3 Å². The van der Waals surface area contributed by atoms with Gasteiger partial charge >= 0.3 is 6.18 Å². The highest BCUT2D eigenvalue weighted by molar-refractivity contribution is 6.30. The maximum absolute atomic E-state index is 12.8. The molecule has 1 amide bonds. The number of nitrogens with zero attached hydrogens (tertiary/aromatic N) is 2. The number of halogens is 4. The minimum Gasteiger partial charge on any atom is -0.362 e. The molecule has 0 aliphatic carbocycles. The molecule has 1 aromatic rings. The van der Waals surface area contributed by atoms with Gasteiger partial charge in [0, 0.05) is 5.02 Å². The summed E-state index contributed by atoms with van der Waals surface area (Å²) in [5.74, 6) is 0. The van der Waals surface area contributed by atoms with Crippen LogP contribution in [0.25, 0.3) is 0 Å². The van der Waals surface area contributed by atoms with Crippen molar-refractivity contribution in [3.63, 3.8) is 0 Å². The Hall–Kier alpha value is -1.60. The number of hydrazone groups is 1. The Morgan fingerprint density at radius 1 is 1.37 bits per heavy atom. The summed E-state index contributed by atoms with van der Waals surface area (Å²) in [6.07, 6.45) is -5.97. The van der Waals surface area contributed by atoms with Crippen molar-refractivity contribution in [3.05, 3.63) is 34.9 Å². The molecule has 102 valence electrons. The molecule has 0 spiro atoms. The lowest BCUT2D eigenvalue weighted by atomic mass is 10.0. The number of amides is 1. The van der Waals surface area contributed by atoms with Gasteiger partial charge in [0.2, 0.25) is 6.41 Å². The highest BCUT2D eigenvalue weighted by Crippen LogP contribution is 2.40. The van der Waals surface area contributed by atoms with Crippen molar-refractivity contribution >= 4 is 23.7 Å². The molecular formula is C11H8ClF3N2O2. The third-order valence-electron chi connectivity index (χ3n) is 2.75. The molecule has 0 bridgehead atoms. The minimum absolute atomic E-state index is 0.0169. The zero-order valence-corrected chi connectivity index (χ0v) is 10.1. The molecule has 0 saturated carbocycles. The Balaban J connectivity index is 2.36. The lowest BCUT2D eigenvalue weighted by Crippen LogP contribution is -2.54. The van der Waals surface area contributed by atoms with Gasteiger partial charge in [0.1, 0.15) is 0 Å². The van der Waals surface area contributed by atoms with Gasteiger partial charge in [-0.2, -0.15) is 23.3 Å². The van der Waals surface area contributed by atoms with Crippen LogP contribution in [-0.4, -0.2) is 34.1 Å². The van der Waals surface area contributed by atoms with Crippen molar-refractivity contribution in [3.8, 4) is 0 Å². The first-order chi connectivity index (χ1) is 8.78. The first-order valence-electron chi connectivity index (χ1n) is 5.15. The molecule has 0 fully saturated rings. The van der Waals surface area contributed by atoms with Gasteiger partial charge in [-0.25, -0.2) is 0 Å². The van der Waals surface area contributed by atoms with E-state index in [0.29, 0.717) is 10.6 Å².